The van der Waals surface area contributed by atoms with Crippen molar-refractivity contribution in [3.05, 3.63) is 114 Å². The van der Waals surface area contributed by atoms with Gasteiger partial charge in [0.05, 0.1) is 11.1 Å². The summed E-state index contributed by atoms with van der Waals surface area (Å²) in [6.07, 6.45) is 3.16. The van der Waals surface area contributed by atoms with Crippen LogP contribution in [0.2, 0.25) is 0 Å². The van der Waals surface area contributed by atoms with Gasteiger partial charge in [-0.05, 0) is 48.4 Å². The summed E-state index contributed by atoms with van der Waals surface area (Å²) in [4.78, 5) is 0. The second-order valence-electron chi connectivity index (χ2n) is 7.94. The predicted octanol–water partition coefficient (Wildman–Crippen LogP) is 2.70. The van der Waals surface area contributed by atoms with Crippen LogP contribution < -0.4 is 18.6 Å². The normalized spacial score (nSPS) is 11.2. The molecule has 0 spiro atoms. The number of rotatable bonds is 5. The average molecular weight is 490 g/mol. The van der Waals surface area contributed by atoms with Crippen molar-refractivity contribution >= 4 is 10.9 Å². The van der Waals surface area contributed by atoms with Crippen LogP contribution in [0.15, 0.2) is 108 Å². The van der Waals surface area contributed by atoms with E-state index in [1.54, 1.807) is 0 Å². The van der Waals surface area contributed by atoms with Crippen LogP contribution in [0.5, 0.6) is 0 Å². The van der Waals surface area contributed by atoms with Gasteiger partial charge in [-0.1, -0.05) is 54.6 Å². The fraction of sp³-hybridized carbons (Fsp3) is 0.107. The quantitative estimate of drug-likeness (QED) is 0.353. The molecule has 2 heterocycles. The second-order valence-corrected chi connectivity index (χ2v) is 8.69. The minimum Gasteiger partial charge on any atom is -0.347 e. The number of aromatic nitrogens is 1. The Morgan fingerprint density at radius 1 is 0.714 bits per heavy atom. The Kier molecular flexibility index (Phi) is 7.60. The molecule has 5 rings (SSSR count). The highest BCUT2D eigenvalue weighted by molar-refractivity contribution is 5.84. The average Bonchev–Trinajstić information content (AvgIpc) is 3.21. The third-order valence-electron chi connectivity index (χ3n) is 5.58. The van der Waals surface area contributed by atoms with Gasteiger partial charge in [0.2, 0.25) is 0 Å². The number of aryl methyl sites for hydroxylation is 1. The molecule has 0 atom stereocenters. The number of para-hydroxylation sites is 1. The summed E-state index contributed by atoms with van der Waals surface area (Å²) < 4.78 is 42.6. The maximum atomic E-state index is 8.49. The molecule has 0 unspecified atom stereocenters. The topological polar surface area (TPSA) is 108 Å². The number of halogens is 1. The molecule has 6 nitrogen and oxygen atoms in total. The first kappa shape index (κ1) is 24.6. The van der Waals surface area contributed by atoms with Gasteiger partial charge in [0, 0.05) is 42.2 Å². The van der Waals surface area contributed by atoms with Crippen LogP contribution >= 0.6 is 0 Å². The number of nitrogens with zero attached hydrogens (tertiary/aromatic N) is 1. The first-order chi connectivity index (χ1) is 16.8. The van der Waals surface area contributed by atoms with Gasteiger partial charge >= 0.3 is 11.5 Å². The molecular weight excluding hydrogens is 466 g/mol. The van der Waals surface area contributed by atoms with E-state index in [0.717, 1.165) is 35.6 Å². The molecule has 0 amide bonds. The number of hydrogen-bond donors (Lipinski definition) is 0. The van der Waals surface area contributed by atoms with E-state index in [2.05, 4.69) is 103 Å². The number of hydrogen-bond acceptors (Lipinski definition) is 4. The molecule has 0 N–H and O–H groups in total. The van der Waals surface area contributed by atoms with E-state index in [1.165, 1.54) is 22.0 Å². The van der Waals surface area contributed by atoms with Crippen molar-refractivity contribution in [1.29, 1.82) is 0 Å². The number of fused-ring (bicyclic) bond motifs is 1. The van der Waals surface area contributed by atoms with Crippen molar-refractivity contribution < 1.29 is 33.3 Å². The van der Waals surface area contributed by atoms with Crippen LogP contribution in [0.1, 0.15) is 18.1 Å². The van der Waals surface area contributed by atoms with Crippen molar-refractivity contribution in [2.45, 2.75) is 19.9 Å². The second kappa shape index (κ2) is 10.8. The summed E-state index contributed by atoms with van der Waals surface area (Å²) in [6, 6.07) is 33.7. The maximum Gasteiger partial charge on any atom is 0.361 e. The van der Waals surface area contributed by atoms with Crippen molar-refractivity contribution in [2.75, 3.05) is 0 Å². The third-order valence-corrected chi connectivity index (χ3v) is 5.58. The molecule has 5 aromatic rings. The van der Waals surface area contributed by atoms with Gasteiger partial charge in [0.1, 0.15) is 0 Å². The molecule has 0 aliphatic heterocycles. The Balaban J connectivity index is 0.000000527. The van der Waals surface area contributed by atoms with Gasteiger partial charge in [0.15, 0.2) is 0 Å². The maximum absolute atomic E-state index is 8.49. The predicted molar refractivity (Wildman–Crippen MR) is 124 cm³/mol. The molecule has 0 aliphatic carbocycles. The van der Waals surface area contributed by atoms with Gasteiger partial charge in [-0.15, -0.1) is 10.2 Å². The van der Waals surface area contributed by atoms with Crippen LogP contribution in [0, 0.1) is 10.2 Å². The number of benzene rings is 3. The summed E-state index contributed by atoms with van der Waals surface area (Å²) >= 11 is 0. The molecule has 7 heteroatoms. The van der Waals surface area contributed by atoms with Crippen LogP contribution in [0.25, 0.3) is 33.6 Å². The van der Waals surface area contributed by atoms with Gasteiger partial charge in [-0.25, -0.2) is 23.1 Å². The van der Waals surface area contributed by atoms with Crippen LogP contribution in [0.4, 0.5) is 0 Å². The molecule has 0 fully saturated rings. The van der Waals surface area contributed by atoms with Crippen LogP contribution in [0.3, 0.4) is 0 Å². The van der Waals surface area contributed by atoms with Gasteiger partial charge in [-0.2, -0.15) is 0 Å². The Labute approximate surface area is 205 Å². The summed E-state index contributed by atoms with van der Waals surface area (Å²) in [5.41, 5.74) is 6.07. The molecule has 0 saturated heterocycles. The molecule has 178 valence electrons. The van der Waals surface area contributed by atoms with Gasteiger partial charge in [-0.3, -0.25) is 0 Å². The Bertz CT molecular complexity index is 1330. The third kappa shape index (κ3) is 6.54. The van der Waals surface area contributed by atoms with E-state index < -0.39 is 10.2 Å². The summed E-state index contributed by atoms with van der Waals surface area (Å²) in [5.74, 6) is 1.79. The minimum atomic E-state index is -4.94. The van der Waals surface area contributed by atoms with Crippen molar-refractivity contribution in [1.82, 2.24) is 4.57 Å². The molecule has 35 heavy (non-hydrogen) atoms. The van der Waals surface area contributed by atoms with E-state index >= 15 is 0 Å². The zero-order chi connectivity index (χ0) is 24.8. The Hall–Kier alpha value is -3.52. The Morgan fingerprint density at radius 3 is 1.71 bits per heavy atom. The van der Waals surface area contributed by atoms with Crippen LogP contribution in [-0.2, 0) is 13.0 Å². The molecule has 0 saturated carbocycles. The molecule has 3 aromatic carbocycles. The van der Waals surface area contributed by atoms with Crippen molar-refractivity contribution in [2.24, 2.45) is 0 Å². The summed E-state index contributed by atoms with van der Waals surface area (Å²) in [6.45, 7) is 3.16. The molecule has 0 radical (unpaired) electrons. The summed E-state index contributed by atoms with van der Waals surface area (Å²) in [7, 11) is -4.94. The van der Waals surface area contributed by atoms with Gasteiger partial charge in [0.25, 0.3) is 0 Å². The van der Waals surface area contributed by atoms with E-state index in [-0.39, 0.29) is 0 Å². The van der Waals surface area contributed by atoms with E-state index in [4.69, 9.17) is 23.1 Å². The smallest absolute Gasteiger partial charge is 0.347 e. The van der Waals surface area contributed by atoms with E-state index in [9.17, 15) is 0 Å². The molecule has 0 bridgehead atoms. The first-order valence-corrected chi connectivity index (χ1v) is 12.3. The zero-order valence-electron chi connectivity index (χ0n) is 19.1. The lowest BCUT2D eigenvalue weighted by molar-refractivity contribution is -2.00. The SMILES string of the molecule is CCn1cc(Cc2cc(-c3ccccc3)[o+]c(-c3ccccc3)c2)c2ccccc21.[O-][Cl+3]([O-])([O-])[O-]. The fourth-order valence-corrected chi connectivity index (χ4v) is 4.09. The standard InChI is InChI=1S/C28H24NO.ClHO4/c1-2-29-20-24(25-15-9-10-16-26(25)29)17-21-18-27(22-11-5-3-6-12-22)30-28(19-21)23-13-7-4-8-14-23;2-1(3,4)5/h3-16,18-20H,2,17H2,1H3;(H,2,3,4,5)/q+1;/p-1. The monoisotopic (exact) mass is 489 g/mol. The highest BCUT2D eigenvalue weighted by atomic mass is 35.7. The zero-order valence-corrected chi connectivity index (χ0v) is 19.9. The van der Waals surface area contributed by atoms with Crippen molar-refractivity contribution in [3.8, 4) is 22.6 Å². The largest absolute Gasteiger partial charge is 0.361 e. The first-order valence-electron chi connectivity index (χ1n) is 11.1. The minimum absolute atomic E-state index is 0.865. The van der Waals surface area contributed by atoms with E-state index in [0.29, 0.717) is 0 Å². The molecular formula is C28H24ClNO5. The molecule has 2 aromatic heterocycles. The van der Waals surface area contributed by atoms with E-state index in [1.807, 2.05) is 12.1 Å². The lowest BCUT2D eigenvalue weighted by Crippen LogP contribution is -2.68. The lowest BCUT2D eigenvalue weighted by atomic mass is 10.0. The fourth-order valence-electron chi connectivity index (χ4n) is 4.09. The van der Waals surface area contributed by atoms with Crippen LogP contribution in [-0.4, -0.2) is 4.57 Å². The lowest BCUT2D eigenvalue weighted by Gasteiger charge is -2.17. The molecule has 0 aliphatic rings. The van der Waals surface area contributed by atoms with Crippen molar-refractivity contribution in [3.63, 3.8) is 0 Å². The Morgan fingerprint density at radius 2 is 1.20 bits per heavy atom. The highest BCUT2D eigenvalue weighted by Gasteiger charge is 2.20. The van der Waals surface area contributed by atoms with Gasteiger partial charge < -0.3 is 4.57 Å². The highest BCUT2D eigenvalue weighted by Crippen LogP contribution is 2.31. The summed E-state index contributed by atoms with van der Waals surface area (Å²) in [5, 5.41) is 1.32.